The average molecular weight is 646 g/mol. The van der Waals surface area contributed by atoms with Crippen molar-refractivity contribution in [1.29, 1.82) is 0 Å². The van der Waals surface area contributed by atoms with Crippen LogP contribution in [-0.4, -0.2) is 103 Å². The zero-order chi connectivity index (χ0) is 33.4. The molecule has 2 unspecified atom stereocenters. The van der Waals surface area contributed by atoms with Gasteiger partial charge >= 0.3 is 0 Å². The third-order valence-corrected chi connectivity index (χ3v) is 8.19. The molecule has 3 aromatic rings. The number of H-pyrrole nitrogens is 1. The minimum Gasteiger partial charge on any atom is -0.443 e. The van der Waals surface area contributed by atoms with Gasteiger partial charge in [0.1, 0.15) is 24.4 Å². The predicted molar refractivity (Wildman–Crippen MR) is 165 cm³/mol. The molecule has 2 heterocycles. The number of hydrogen-bond donors (Lipinski definition) is 8. The molecule has 0 radical (unpaired) electrons. The second kappa shape index (κ2) is 16.4. The number of nitrogens with zero attached hydrogens (tertiary/aromatic N) is 1. The fourth-order valence-electron chi connectivity index (χ4n) is 5.56. The summed E-state index contributed by atoms with van der Waals surface area (Å²) in [6.07, 6.45) is -8.47. The molecule has 1 aromatic heterocycles. The number of amides is 1. The van der Waals surface area contributed by atoms with Gasteiger partial charge in [-0.1, -0.05) is 68.4 Å². The van der Waals surface area contributed by atoms with Crippen LogP contribution in [0.3, 0.4) is 0 Å². The molecule has 1 fully saturated rings. The summed E-state index contributed by atoms with van der Waals surface area (Å²) in [5.74, 6) is -0.572. The van der Waals surface area contributed by atoms with Crippen LogP contribution < -0.4 is 10.1 Å². The van der Waals surface area contributed by atoms with Crippen LogP contribution in [0.4, 0.5) is 4.39 Å². The van der Waals surface area contributed by atoms with E-state index in [1.807, 2.05) is 68.4 Å². The Balaban J connectivity index is 1.59. The van der Waals surface area contributed by atoms with E-state index >= 15 is 0 Å². The highest BCUT2D eigenvalue weighted by atomic mass is 19.1. The molecule has 7 atom stereocenters. The highest BCUT2D eigenvalue weighted by molar-refractivity contribution is 5.76. The number of hydrogen-bond acceptors (Lipinski definition) is 10. The van der Waals surface area contributed by atoms with Crippen LogP contribution in [0.25, 0.3) is 0 Å². The van der Waals surface area contributed by atoms with Crippen LogP contribution in [0.2, 0.25) is 0 Å². The molecule has 2 aromatic carbocycles. The minimum absolute atomic E-state index is 0.0101. The van der Waals surface area contributed by atoms with Crippen LogP contribution in [0.5, 0.6) is 5.88 Å². The highest BCUT2D eigenvalue weighted by Gasteiger charge is 2.46. The Labute approximate surface area is 266 Å². The molecule has 1 amide bonds. The van der Waals surface area contributed by atoms with E-state index in [1.54, 1.807) is 0 Å². The Bertz CT molecular complexity index is 1370. The number of aliphatic hydroxyl groups is 6. The third kappa shape index (κ3) is 8.68. The number of rotatable bonds is 15. The van der Waals surface area contributed by atoms with Crippen LogP contribution in [0, 0.1) is 0 Å². The molecule has 252 valence electrons. The first-order valence-corrected chi connectivity index (χ1v) is 15.4. The fourth-order valence-corrected chi connectivity index (χ4v) is 5.56. The predicted octanol–water partition coefficient (Wildman–Crippen LogP) is 1.17. The minimum atomic E-state index is -1.99. The van der Waals surface area contributed by atoms with E-state index in [1.165, 1.54) is 0 Å². The molecule has 13 heteroatoms. The van der Waals surface area contributed by atoms with Gasteiger partial charge in [-0.25, -0.2) is 4.39 Å². The van der Waals surface area contributed by atoms with Crippen molar-refractivity contribution in [1.82, 2.24) is 15.5 Å². The number of aromatic nitrogens is 2. The maximum absolute atomic E-state index is 14.4. The molecular weight excluding hydrogens is 601 g/mol. The number of benzene rings is 2. The summed E-state index contributed by atoms with van der Waals surface area (Å²) in [4.78, 5) is 12.2. The highest BCUT2D eigenvalue weighted by Crippen LogP contribution is 2.40. The summed E-state index contributed by atoms with van der Waals surface area (Å²) in [7, 11) is 0. The lowest BCUT2D eigenvalue weighted by molar-refractivity contribution is -0.266. The van der Waals surface area contributed by atoms with Gasteiger partial charge in [-0.3, -0.25) is 9.89 Å². The summed E-state index contributed by atoms with van der Waals surface area (Å²) in [6, 6.07) is 16.6. The number of aromatic amines is 1. The van der Waals surface area contributed by atoms with Crippen molar-refractivity contribution in [3.63, 3.8) is 0 Å². The molecule has 0 bridgehead atoms. The van der Waals surface area contributed by atoms with E-state index in [0.717, 1.165) is 22.4 Å². The first-order chi connectivity index (χ1) is 22.0. The lowest BCUT2D eigenvalue weighted by atomic mass is 9.83. The zero-order valence-corrected chi connectivity index (χ0v) is 25.9. The second-order valence-electron chi connectivity index (χ2n) is 11.9. The van der Waals surface area contributed by atoms with Gasteiger partial charge in [-0.05, 0) is 41.9 Å². The first kappa shape index (κ1) is 35.4. The van der Waals surface area contributed by atoms with E-state index in [4.69, 9.17) is 9.47 Å². The van der Waals surface area contributed by atoms with Gasteiger partial charge in [0.15, 0.2) is 12.5 Å². The number of nitrogens with one attached hydrogen (secondary N) is 2. The molecule has 1 saturated heterocycles. The van der Waals surface area contributed by atoms with Crippen LogP contribution >= 0.6 is 0 Å². The Hall–Kier alpha value is -3.43. The fraction of sp³-hybridized carbons (Fsp3) is 0.515. The number of aliphatic hydroxyl groups excluding tert-OH is 5. The quantitative estimate of drug-likeness (QED) is 0.111. The maximum atomic E-state index is 14.4. The third-order valence-electron chi connectivity index (χ3n) is 8.19. The van der Waals surface area contributed by atoms with Gasteiger partial charge in [0.05, 0.1) is 13.2 Å². The largest absolute Gasteiger partial charge is 0.443 e. The van der Waals surface area contributed by atoms with Crippen LogP contribution in [-0.2, 0) is 22.4 Å². The summed E-state index contributed by atoms with van der Waals surface area (Å²) >= 11 is 0. The van der Waals surface area contributed by atoms with Gasteiger partial charge in [0.2, 0.25) is 18.1 Å². The molecule has 8 N–H and O–H groups in total. The monoisotopic (exact) mass is 645 g/mol. The lowest BCUT2D eigenvalue weighted by Gasteiger charge is -2.38. The number of ether oxygens (including phenoxy) is 2. The normalized spacial score (nSPS) is 23.0. The molecule has 1 aliphatic heterocycles. The average Bonchev–Trinajstić information content (AvgIpc) is 3.47. The standard InChI is InChI=1S/C33H44FN3O9/c1-18(2)28-26(31(37-36-28)46-33-30(42)29(41)27(34)24(17-39)45-33)22(15-20-7-4-3-5-8-20)21-13-11-19(12-14-21)9-6-10-25(40)35-23(16-38)32(43)44/h3-5,7-8,11-14,18,22-24,27,29-30,32-33,38-39,41-44H,6,9-10,15-17H2,1-2H3,(H,35,40)(H,36,37)/t22?,23?,24-,27-,29+,30-,33+/m1/s1. The number of carbonyl (C=O) groups excluding carboxylic acids is 1. The number of halogens is 1. The molecule has 0 spiro atoms. The summed E-state index contributed by atoms with van der Waals surface area (Å²) in [5.41, 5.74) is 4.45. The van der Waals surface area contributed by atoms with Gasteiger partial charge in [-0.15, -0.1) is 5.10 Å². The van der Waals surface area contributed by atoms with Crippen molar-refractivity contribution in [3.05, 3.63) is 82.5 Å². The van der Waals surface area contributed by atoms with E-state index < -0.39 is 62.2 Å². The smallest absolute Gasteiger partial charge is 0.239 e. The van der Waals surface area contributed by atoms with Crippen molar-refractivity contribution in [3.8, 4) is 5.88 Å². The van der Waals surface area contributed by atoms with E-state index in [2.05, 4.69) is 15.5 Å². The maximum Gasteiger partial charge on any atom is 0.239 e. The van der Waals surface area contributed by atoms with Crippen molar-refractivity contribution < 1.29 is 49.3 Å². The van der Waals surface area contributed by atoms with Crippen molar-refractivity contribution in [2.45, 2.75) is 94.5 Å². The van der Waals surface area contributed by atoms with Gasteiger partial charge in [0.25, 0.3) is 0 Å². The molecule has 4 rings (SSSR count). The number of alkyl halides is 1. The van der Waals surface area contributed by atoms with Crippen molar-refractivity contribution >= 4 is 5.91 Å². The SMILES string of the molecule is CC(C)c1[nH]nc(O[C@@H]2O[C@H](CO)[C@@H](F)[C@H](O)[C@H]2O)c1C(Cc1ccccc1)c1ccc(CCCC(=O)NC(CO)C(O)O)cc1. The van der Waals surface area contributed by atoms with Gasteiger partial charge in [0, 0.05) is 23.6 Å². The Morgan fingerprint density at radius 2 is 1.74 bits per heavy atom. The molecular formula is C33H44FN3O9. The second-order valence-corrected chi connectivity index (χ2v) is 11.9. The Morgan fingerprint density at radius 1 is 1.04 bits per heavy atom. The van der Waals surface area contributed by atoms with E-state index in [-0.39, 0.29) is 24.1 Å². The van der Waals surface area contributed by atoms with Gasteiger partial charge in [-0.2, -0.15) is 0 Å². The van der Waals surface area contributed by atoms with E-state index in [9.17, 15) is 39.8 Å². The topological polar surface area (TPSA) is 198 Å². The summed E-state index contributed by atoms with van der Waals surface area (Å²) in [6.45, 7) is 2.69. The molecule has 0 saturated carbocycles. The lowest BCUT2D eigenvalue weighted by Crippen LogP contribution is -2.58. The van der Waals surface area contributed by atoms with Crippen molar-refractivity contribution in [2.75, 3.05) is 13.2 Å². The molecule has 1 aliphatic rings. The summed E-state index contributed by atoms with van der Waals surface area (Å²) in [5, 5.41) is 67.9. The Morgan fingerprint density at radius 3 is 2.35 bits per heavy atom. The summed E-state index contributed by atoms with van der Waals surface area (Å²) < 4.78 is 25.9. The van der Waals surface area contributed by atoms with Crippen LogP contribution in [0.1, 0.15) is 66.5 Å². The van der Waals surface area contributed by atoms with Gasteiger partial charge < -0.3 is 45.4 Å². The molecule has 0 aliphatic carbocycles. The zero-order valence-electron chi connectivity index (χ0n) is 25.9. The Kier molecular flexibility index (Phi) is 12.6. The molecule has 46 heavy (non-hydrogen) atoms. The van der Waals surface area contributed by atoms with Crippen LogP contribution in [0.15, 0.2) is 54.6 Å². The molecule has 12 nitrogen and oxygen atoms in total. The van der Waals surface area contributed by atoms with E-state index in [0.29, 0.717) is 24.8 Å². The number of aryl methyl sites for hydroxylation is 1. The number of carbonyl (C=O) groups is 1. The first-order valence-electron chi connectivity index (χ1n) is 15.4. The van der Waals surface area contributed by atoms with Crippen molar-refractivity contribution in [2.24, 2.45) is 0 Å².